The summed E-state index contributed by atoms with van der Waals surface area (Å²) in [5.74, 6) is -0.442. The first-order valence-electron chi connectivity index (χ1n) is 6.72. The SMILES string of the molecule is O=C(OCc1cn(-c2ccc(Cl)cc2)nn1)c1ccc(Cl)cc1. The van der Waals surface area contributed by atoms with E-state index in [0.29, 0.717) is 21.3 Å². The molecule has 0 radical (unpaired) electrons. The van der Waals surface area contributed by atoms with E-state index in [-0.39, 0.29) is 6.61 Å². The molecule has 0 unspecified atom stereocenters. The Hall–Kier alpha value is -2.37. The van der Waals surface area contributed by atoms with Gasteiger partial charge in [-0.25, -0.2) is 9.48 Å². The second kappa shape index (κ2) is 6.81. The highest BCUT2D eigenvalue weighted by atomic mass is 35.5. The third-order valence-electron chi connectivity index (χ3n) is 3.06. The van der Waals surface area contributed by atoms with Gasteiger partial charge in [0.15, 0.2) is 0 Å². The summed E-state index contributed by atoms with van der Waals surface area (Å²) in [6.45, 7) is 0.0368. The molecule has 1 aromatic heterocycles. The normalized spacial score (nSPS) is 10.5. The average molecular weight is 348 g/mol. The summed E-state index contributed by atoms with van der Waals surface area (Å²) >= 11 is 11.6. The number of esters is 1. The number of aromatic nitrogens is 3. The summed E-state index contributed by atoms with van der Waals surface area (Å²) in [5, 5.41) is 9.18. The van der Waals surface area contributed by atoms with E-state index < -0.39 is 5.97 Å². The van der Waals surface area contributed by atoms with Gasteiger partial charge in [-0.1, -0.05) is 28.4 Å². The van der Waals surface area contributed by atoms with Crippen molar-refractivity contribution in [1.82, 2.24) is 15.0 Å². The predicted octanol–water partition coefficient (Wildman–Crippen LogP) is 3.93. The lowest BCUT2D eigenvalue weighted by molar-refractivity contribution is 0.0467. The van der Waals surface area contributed by atoms with Crippen LogP contribution in [-0.4, -0.2) is 21.0 Å². The number of halogens is 2. The van der Waals surface area contributed by atoms with Crippen LogP contribution in [0.1, 0.15) is 16.1 Å². The highest BCUT2D eigenvalue weighted by Gasteiger charge is 2.09. The molecule has 0 fully saturated rings. The smallest absolute Gasteiger partial charge is 0.338 e. The van der Waals surface area contributed by atoms with Gasteiger partial charge >= 0.3 is 5.97 Å². The molecule has 0 atom stereocenters. The van der Waals surface area contributed by atoms with Gasteiger partial charge < -0.3 is 4.74 Å². The van der Waals surface area contributed by atoms with Crippen LogP contribution >= 0.6 is 23.2 Å². The van der Waals surface area contributed by atoms with Crippen molar-refractivity contribution >= 4 is 29.2 Å². The Bertz CT molecular complexity index is 814. The summed E-state index contributed by atoms with van der Waals surface area (Å²) in [4.78, 5) is 11.9. The molecule has 0 amide bonds. The Labute approximate surface area is 142 Å². The van der Waals surface area contributed by atoms with Gasteiger partial charge in [0.25, 0.3) is 0 Å². The van der Waals surface area contributed by atoms with Crippen LogP contribution in [0.15, 0.2) is 54.7 Å². The van der Waals surface area contributed by atoms with E-state index in [2.05, 4.69) is 10.3 Å². The van der Waals surface area contributed by atoms with E-state index in [4.69, 9.17) is 27.9 Å². The summed E-state index contributed by atoms with van der Waals surface area (Å²) < 4.78 is 6.79. The third kappa shape index (κ3) is 3.88. The van der Waals surface area contributed by atoms with Crippen LogP contribution in [0.5, 0.6) is 0 Å². The fourth-order valence-corrected chi connectivity index (χ4v) is 2.15. The van der Waals surface area contributed by atoms with Crippen molar-refractivity contribution in [1.29, 1.82) is 0 Å². The van der Waals surface area contributed by atoms with E-state index in [1.54, 1.807) is 47.3 Å². The van der Waals surface area contributed by atoms with Crippen LogP contribution in [0.25, 0.3) is 5.69 Å². The molecule has 3 aromatic rings. The molecule has 1 heterocycles. The standard InChI is InChI=1S/C16H11Cl2N3O2/c17-12-3-1-11(2-4-12)16(22)23-10-14-9-21(20-19-14)15-7-5-13(18)6-8-15/h1-9H,10H2. The number of rotatable bonds is 4. The zero-order valence-corrected chi connectivity index (χ0v) is 13.3. The molecule has 0 N–H and O–H groups in total. The van der Waals surface area contributed by atoms with Crippen molar-refractivity contribution in [3.63, 3.8) is 0 Å². The van der Waals surface area contributed by atoms with Crippen molar-refractivity contribution in [2.24, 2.45) is 0 Å². The second-order valence-corrected chi connectivity index (χ2v) is 5.59. The van der Waals surface area contributed by atoms with Crippen LogP contribution in [0.4, 0.5) is 0 Å². The fourth-order valence-electron chi connectivity index (χ4n) is 1.89. The molecule has 116 valence electrons. The Morgan fingerprint density at radius 3 is 2.26 bits per heavy atom. The van der Waals surface area contributed by atoms with Crippen molar-refractivity contribution in [2.75, 3.05) is 0 Å². The first kappa shape index (κ1) is 15.5. The molecule has 0 aliphatic rings. The number of carbonyl (C=O) groups is 1. The minimum Gasteiger partial charge on any atom is -0.455 e. The van der Waals surface area contributed by atoms with Gasteiger partial charge in [-0.15, -0.1) is 5.10 Å². The predicted molar refractivity (Wildman–Crippen MR) is 86.9 cm³/mol. The van der Waals surface area contributed by atoms with Crippen LogP contribution in [0.3, 0.4) is 0 Å². The first-order chi connectivity index (χ1) is 11.1. The molecule has 0 saturated heterocycles. The molecule has 0 bridgehead atoms. The van der Waals surface area contributed by atoms with Crippen molar-refractivity contribution < 1.29 is 9.53 Å². The first-order valence-corrected chi connectivity index (χ1v) is 7.47. The minimum atomic E-state index is -0.442. The molecule has 0 saturated carbocycles. The van der Waals surface area contributed by atoms with Gasteiger partial charge in [0, 0.05) is 10.0 Å². The molecular formula is C16H11Cl2N3O2. The highest BCUT2D eigenvalue weighted by Crippen LogP contribution is 2.14. The number of carbonyl (C=O) groups excluding carboxylic acids is 1. The van der Waals surface area contributed by atoms with E-state index in [1.165, 1.54) is 0 Å². The van der Waals surface area contributed by atoms with Gasteiger partial charge in [0.1, 0.15) is 12.3 Å². The maximum absolute atomic E-state index is 11.9. The Kier molecular flexibility index (Phi) is 4.60. The molecule has 23 heavy (non-hydrogen) atoms. The Balaban J connectivity index is 1.64. The van der Waals surface area contributed by atoms with Gasteiger partial charge in [-0.05, 0) is 48.5 Å². The summed E-state index contributed by atoms with van der Waals surface area (Å²) in [5.41, 5.74) is 1.79. The molecule has 7 heteroatoms. The van der Waals surface area contributed by atoms with Crippen molar-refractivity contribution in [3.05, 3.63) is 76.0 Å². The second-order valence-electron chi connectivity index (χ2n) is 4.71. The molecule has 3 rings (SSSR count). The summed E-state index contributed by atoms with van der Waals surface area (Å²) in [6.07, 6.45) is 1.69. The molecule has 0 aliphatic carbocycles. The van der Waals surface area contributed by atoms with Gasteiger partial charge in [-0.2, -0.15) is 0 Å². The summed E-state index contributed by atoms with van der Waals surface area (Å²) in [6, 6.07) is 13.6. The lowest BCUT2D eigenvalue weighted by Crippen LogP contribution is -2.05. The average Bonchev–Trinajstić information content (AvgIpc) is 3.03. The number of benzene rings is 2. The largest absolute Gasteiger partial charge is 0.455 e. The highest BCUT2D eigenvalue weighted by molar-refractivity contribution is 6.30. The van der Waals surface area contributed by atoms with E-state index in [1.807, 2.05) is 12.1 Å². The van der Waals surface area contributed by atoms with Crippen molar-refractivity contribution in [2.45, 2.75) is 6.61 Å². The lowest BCUT2D eigenvalue weighted by atomic mass is 10.2. The van der Waals surface area contributed by atoms with Gasteiger partial charge in [-0.3, -0.25) is 0 Å². The van der Waals surface area contributed by atoms with Crippen LogP contribution in [0, 0.1) is 0 Å². The number of hydrogen-bond acceptors (Lipinski definition) is 4. The monoisotopic (exact) mass is 347 g/mol. The van der Waals surface area contributed by atoms with Crippen LogP contribution < -0.4 is 0 Å². The van der Waals surface area contributed by atoms with E-state index in [9.17, 15) is 4.79 Å². The zero-order chi connectivity index (χ0) is 16.2. The minimum absolute atomic E-state index is 0.0368. The maximum Gasteiger partial charge on any atom is 0.338 e. The van der Waals surface area contributed by atoms with E-state index >= 15 is 0 Å². The quantitative estimate of drug-likeness (QED) is 0.671. The van der Waals surface area contributed by atoms with Crippen molar-refractivity contribution in [3.8, 4) is 5.69 Å². The van der Waals surface area contributed by atoms with E-state index in [0.717, 1.165) is 5.69 Å². The molecule has 0 spiro atoms. The topological polar surface area (TPSA) is 57.0 Å². The van der Waals surface area contributed by atoms with Crippen LogP contribution in [0.2, 0.25) is 10.0 Å². The third-order valence-corrected chi connectivity index (χ3v) is 3.57. The number of ether oxygens (including phenoxy) is 1. The molecular weight excluding hydrogens is 337 g/mol. The van der Waals surface area contributed by atoms with Gasteiger partial charge in [0.2, 0.25) is 0 Å². The molecule has 0 aliphatic heterocycles. The zero-order valence-electron chi connectivity index (χ0n) is 11.8. The molecule has 5 nitrogen and oxygen atoms in total. The molecule has 2 aromatic carbocycles. The Morgan fingerprint density at radius 1 is 1.00 bits per heavy atom. The Morgan fingerprint density at radius 2 is 1.61 bits per heavy atom. The number of nitrogens with zero attached hydrogens (tertiary/aromatic N) is 3. The lowest BCUT2D eigenvalue weighted by Gasteiger charge is -2.02. The number of hydrogen-bond donors (Lipinski definition) is 0. The maximum atomic E-state index is 11.9. The summed E-state index contributed by atoms with van der Waals surface area (Å²) in [7, 11) is 0. The van der Waals surface area contributed by atoms with Gasteiger partial charge in [0.05, 0.1) is 17.4 Å². The fraction of sp³-hybridized carbons (Fsp3) is 0.0625. The van der Waals surface area contributed by atoms with Crippen LogP contribution in [-0.2, 0) is 11.3 Å².